The molecule has 4 aromatic carbocycles. The fraction of sp³-hybridized carbons (Fsp3) is 0.341. The van der Waals surface area contributed by atoms with Gasteiger partial charge in [-0.15, -0.1) is 0 Å². The minimum Gasteiger partial charge on any atom is -0.344 e. The van der Waals surface area contributed by atoms with Gasteiger partial charge in [-0.2, -0.15) is 21.4 Å². The van der Waals surface area contributed by atoms with Gasteiger partial charge in [-0.25, -0.2) is 0 Å². The van der Waals surface area contributed by atoms with Gasteiger partial charge in [0.25, 0.3) is 20.2 Å². The van der Waals surface area contributed by atoms with Gasteiger partial charge in [0.1, 0.15) is 0 Å². The molecule has 4 aromatic rings. The first kappa shape index (κ1) is 37.9. The van der Waals surface area contributed by atoms with Crippen LogP contribution in [0.15, 0.2) is 108 Å². The molecule has 0 amide bonds. The molecule has 11 heteroatoms. The SMILES string of the molecule is CC(CCN1C(=CC=C(Cl)C=CC2=[N+](CCC(C)S(=O)(=O)O)c3ccc4ccccc4c3C2(C)C)C(C)(C)c2c1ccc1ccccc21)S(=O)(=O)O. The van der Waals surface area contributed by atoms with E-state index in [4.69, 9.17) is 11.6 Å². The average Bonchev–Trinajstić information content (AvgIpc) is 3.44. The molecule has 0 radical (unpaired) electrons. The van der Waals surface area contributed by atoms with Gasteiger partial charge in [0.05, 0.1) is 15.9 Å². The van der Waals surface area contributed by atoms with Crippen LogP contribution in [0, 0.1) is 0 Å². The zero-order valence-electron chi connectivity index (χ0n) is 30.3. The van der Waals surface area contributed by atoms with Crippen LogP contribution in [0.4, 0.5) is 11.4 Å². The van der Waals surface area contributed by atoms with Crippen LogP contribution in [0.3, 0.4) is 0 Å². The van der Waals surface area contributed by atoms with E-state index in [1.807, 2.05) is 48.6 Å². The lowest BCUT2D eigenvalue weighted by atomic mass is 9.79. The highest BCUT2D eigenvalue weighted by Gasteiger charge is 2.46. The summed E-state index contributed by atoms with van der Waals surface area (Å²) in [6, 6.07) is 24.7. The largest absolute Gasteiger partial charge is 0.344 e. The van der Waals surface area contributed by atoms with Gasteiger partial charge in [-0.3, -0.25) is 9.11 Å². The van der Waals surface area contributed by atoms with Crippen LogP contribution in [0.5, 0.6) is 0 Å². The van der Waals surface area contributed by atoms with Crippen molar-refractivity contribution in [3.05, 3.63) is 119 Å². The number of anilines is 1. The van der Waals surface area contributed by atoms with Crippen molar-refractivity contribution >= 4 is 70.5 Å². The standard InChI is InChI=1S/C41H45ClN2O6S2/c1-27(51(45,46)47)23-25-43-34-19-15-29-11-7-9-13-32(29)38(34)40(3,4)36(43)21-17-31(42)18-22-37-41(5,6)39-33-14-10-8-12-30(33)16-20-35(39)44(37)26-24-28(2)52(48,49)50/h7-22,27-28H,23-26H2,1-6H3,(H-,45,46,47,48,49,50)/p+1. The third-order valence-electron chi connectivity index (χ3n) is 10.8. The van der Waals surface area contributed by atoms with Crippen molar-refractivity contribution in [1.82, 2.24) is 0 Å². The van der Waals surface area contributed by atoms with E-state index in [0.29, 0.717) is 18.1 Å². The van der Waals surface area contributed by atoms with E-state index >= 15 is 0 Å². The summed E-state index contributed by atoms with van der Waals surface area (Å²) in [6.07, 6.45) is 8.11. The number of nitrogens with zero attached hydrogens (tertiary/aromatic N) is 2. The Labute approximate surface area is 312 Å². The molecule has 0 aromatic heterocycles. The van der Waals surface area contributed by atoms with Gasteiger partial charge in [0, 0.05) is 52.5 Å². The van der Waals surface area contributed by atoms with Gasteiger partial charge < -0.3 is 4.90 Å². The first-order valence-corrected chi connectivity index (χ1v) is 20.9. The van der Waals surface area contributed by atoms with E-state index in [1.54, 1.807) is 0 Å². The van der Waals surface area contributed by atoms with E-state index in [1.165, 1.54) is 13.8 Å². The van der Waals surface area contributed by atoms with Gasteiger partial charge in [0.2, 0.25) is 5.69 Å². The molecule has 0 aliphatic carbocycles. The van der Waals surface area contributed by atoms with Crippen molar-refractivity contribution in [1.29, 1.82) is 0 Å². The van der Waals surface area contributed by atoms with Crippen molar-refractivity contribution in [3.63, 3.8) is 0 Å². The zero-order valence-corrected chi connectivity index (χ0v) is 32.7. The molecule has 2 atom stereocenters. The summed E-state index contributed by atoms with van der Waals surface area (Å²) in [6.45, 7) is 12.4. The second-order valence-corrected chi connectivity index (χ2v) is 19.1. The Kier molecular flexibility index (Phi) is 10.1. The summed E-state index contributed by atoms with van der Waals surface area (Å²) in [5, 5.41) is 3.06. The van der Waals surface area contributed by atoms with Crippen LogP contribution in [0.25, 0.3) is 21.5 Å². The molecule has 6 rings (SSSR count). The second-order valence-electron chi connectivity index (χ2n) is 15.0. The van der Waals surface area contributed by atoms with Crippen molar-refractivity contribution < 1.29 is 30.5 Å². The maximum absolute atomic E-state index is 11.9. The van der Waals surface area contributed by atoms with Crippen LogP contribution in [-0.2, 0) is 31.1 Å². The summed E-state index contributed by atoms with van der Waals surface area (Å²) in [5.74, 6) is 0. The molecule has 52 heavy (non-hydrogen) atoms. The Morgan fingerprint density at radius 3 is 1.96 bits per heavy atom. The fourth-order valence-electron chi connectivity index (χ4n) is 7.84. The molecule has 0 saturated heterocycles. The highest BCUT2D eigenvalue weighted by molar-refractivity contribution is 7.86. The van der Waals surface area contributed by atoms with Gasteiger partial charge in [0.15, 0.2) is 12.3 Å². The van der Waals surface area contributed by atoms with Gasteiger partial charge in [-0.05, 0) is 91.6 Å². The molecule has 8 nitrogen and oxygen atoms in total. The van der Waals surface area contributed by atoms with Crippen LogP contribution in [0.2, 0.25) is 0 Å². The van der Waals surface area contributed by atoms with E-state index < -0.39 is 41.6 Å². The molecular formula is C41H46ClN2O6S2+. The molecule has 2 N–H and O–H groups in total. The Hall–Kier alpha value is -3.80. The number of benzene rings is 4. The molecule has 0 saturated carbocycles. The van der Waals surface area contributed by atoms with Gasteiger partial charge in [-0.1, -0.05) is 80.0 Å². The summed E-state index contributed by atoms with van der Waals surface area (Å²) < 4.78 is 69.3. The summed E-state index contributed by atoms with van der Waals surface area (Å²) in [5.41, 5.74) is 5.23. The lowest BCUT2D eigenvalue weighted by Crippen LogP contribution is -2.30. The number of fused-ring (bicyclic) bond motifs is 6. The van der Waals surface area contributed by atoms with Crippen molar-refractivity contribution in [2.45, 2.75) is 75.7 Å². The molecule has 2 heterocycles. The first-order chi connectivity index (χ1) is 24.3. The Balaban J connectivity index is 1.40. The van der Waals surface area contributed by atoms with Crippen LogP contribution >= 0.6 is 11.6 Å². The Morgan fingerprint density at radius 1 is 0.788 bits per heavy atom. The van der Waals surface area contributed by atoms with E-state index in [9.17, 15) is 25.9 Å². The summed E-state index contributed by atoms with van der Waals surface area (Å²) >= 11 is 6.96. The minimum atomic E-state index is -4.19. The van der Waals surface area contributed by atoms with Crippen LogP contribution < -0.4 is 4.90 Å². The highest BCUT2D eigenvalue weighted by atomic mass is 35.5. The summed E-state index contributed by atoms with van der Waals surface area (Å²) in [4.78, 5) is 2.13. The predicted molar refractivity (Wildman–Crippen MR) is 214 cm³/mol. The molecular weight excluding hydrogens is 716 g/mol. The van der Waals surface area contributed by atoms with E-state index in [-0.39, 0.29) is 12.8 Å². The molecule has 0 spiro atoms. The fourth-order valence-corrected chi connectivity index (χ4v) is 8.78. The number of hydrogen-bond acceptors (Lipinski definition) is 5. The van der Waals surface area contributed by atoms with Crippen LogP contribution in [0.1, 0.15) is 65.5 Å². The smallest absolute Gasteiger partial charge is 0.267 e. The Bertz CT molecular complexity index is 2430. The minimum absolute atomic E-state index is 0.227. The second kappa shape index (κ2) is 13.9. The zero-order chi connectivity index (χ0) is 37.8. The third kappa shape index (κ3) is 6.99. The first-order valence-electron chi connectivity index (χ1n) is 17.5. The number of halogens is 1. The van der Waals surface area contributed by atoms with Crippen molar-refractivity contribution in [2.75, 3.05) is 18.0 Å². The average molecular weight is 762 g/mol. The third-order valence-corrected chi connectivity index (χ3v) is 13.6. The molecule has 2 aliphatic rings. The maximum Gasteiger partial charge on any atom is 0.267 e. The number of allylic oxidation sites excluding steroid dienone is 6. The summed E-state index contributed by atoms with van der Waals surface area (Å²) in [7, 11) is -8.39. The lowest BCUT2D eigenvalue weighted by Gasteiger charge is -2.27. The molecule has 2 unspecified atom stereocenters. The number of rotatable bonds is 11. The molecule has 0 fully saturated rings. The lowest BCUT2D eigenvalue weighted by molar-refractivity contribution is -0.438. The van der Waals surface area contributed by atoms with Crippen molar-refractivity contribution in [3.8, 4) is 0 Å². The molecule has 2 aliphatic heterocycles. The topological polar surface area (TPSA) is 115 Å². The molecule has 274 valence electrons. The number of hydrogen-bond donors (Lipinski definition) is 2. The normalized spacial score (nSPS) is 19.2. The van der Waals surface area contributed by atoms with Crippen LogP contribution in [-0.4, -0.2) is 59.8 Å². The highest BCUT2D eigenvalue weighted by Crippen LogP contribution is 2.51. The van der Waals surface area contributed by atoms with E-state index in [0.717, 1.165) is 55.5 Å². The maximum atomic E-state index is 11.9. The Morgan fingerprint density at radius 2 is 1.35 bits per heavy atom. The van der Waals surface area contributed by atoms with E-state index in [2.05, 4.69) is 85.7 Å². The van der Waals surface area contributed by atoms with Gasteiger partial charge >= 0.3 is 0 Å². The predicted octanol–water partition coefficient (Wildman–Crippen LogP) is 9.06. The monoisotopic (exact) mass is 761 g/mol. The van der Waals surface area contributed by atoms with Crippen molar-refractivity contribution in [2.24, 2.45) is 0 Å². The quantitative estimate of drug-likeness (QED) is 0.0891. The molecule has 0 bridgehead atoms.